The van der Waals surface area contributed by atoms with Crippen LogP contribution < -0.4 is 10.3 Å². The summed E-state index contributed by atoms with van der Waals surface area (Å²) in [5, 5.41) is 0. The van der Waals surface area contributed by atoms with Crippen molar-refractivity contribution >= 4 is 5.91 Å². The van der Waals surface area contributed by atoms with Crippen LogP contribution in [0.4, 0.5) is 0 Å². The molecule has 2 aromatic carbocycles. The predicted octanol–water partition coefficient (Wildman–Crippen LogP) is 4.16. The molecule has 1 saturated carbocycles. The molecule has 1 heterocycles. The van der Waals surface area contributed by atoms with Gasteiger partial charge in [0.2, 0.25) is 0 Å². The summed E-state index contributed by atoms with van der Waals surface area (Å²) in [5.41, 5.74) is 3.60. The van der Waals surface area contributed by atoms with Gasteiger partial charge in [-0.25, -0.2) is 0 Å². The van der Waals surface area contributed by atoms with E-state index in [1.165, 1.54) is 0 Å². The Kier molecular flexibility index (Phi) is 5.21. The molecule has 0 radical (unpaired) electrons. The zero-order valence-corrected chi connectivity index (χ0v) is 16.6. The highest BCUT2D eigenvalue weighted by Crippen LogP contribution is 2.30. The number of aromatic amines is 1. The molecule has 0 aliphatic heterocycles. The van der Waals surface area contributed by atoms with Crippen molar-refractivity contribution in [3.63, 3.8) is 0 Å². The van der Waals surface area contributed by atoms with Crippen LogP contribution in [0.1, 0.15) is 34.3 Å². The third-order valence-electron chi connectivity index (χ3n) is 5.23. The Bertz CT molecular complexity index is 1080. The standard InChI is InChI=1S/C24H24N2O3/c1-16-4-3-5-18(14-16)22-13-12-21(23(27)25-22)24(28)26(19-8-9-19)15-17-6-10-20(29-2)11-7-17/h3-7,10-14,19H,8-9,15H2,1-2H3,(H,25,27). The average molecular weight is 388 g/mol. The SMILES string of the molecule is COc1ccc(CN(C(=O)c2ccc(-c3cccc(C)c3)[nH]c2=O)C2CC2)cc1. The Labute approximate surface area is 170 Å². The molecule has 1 N–H and O–H groups in total. The van der Waals surface area contributed by atoms with Gasteiger partial charge in [0, 0.05) is 18.3 Å². The highest BCUT2D eigenvalue weighted by Gasteiger charge is 2.34. The van der Waals surface area contributed by atoms with Crippen molar-refractivity contribution < 1.29 is 9.53 Å². The van der Waals surface area contributed by atoms with Gasteiger partial charge in [-0.05, 0) is 61.2 Å². The Morgan fingerprint density at radius 1 is 1.10 bits per heavy atom. The minimum atomic E-state index is -0.352. The molecule has 0 unspecified atom stereocenters. The van der Waals surface area contributed by atoms with Gasteiger partial charge in [0.25, 0.3) is 11.5 Å². The minimum Gasteiger partial charge on any atom is -0.497 e. The lowest BCUT2D eigenvalue weighted by Crippen LogP contribution is -2.36. The topological polar surface area (TPSA) is 62.4 Å². The van der Waals surface area contributed by atoms with E-state index in [0.29, 0.717) is 12.2 Å². The highest BCUT2D eigenvalue weighted by atomic mass is 16.5. The minimum absolute atomic E-state index is 0.182. The number of H-pyrrole nitrogens is 1. The number of hydrogen-bond donors (Lipinski definition) is 1. The molecule has 5 nitrogen and oxygen atoms in total. The number of hydrogen-bond acceptors (Lipinski definition) is 3. The van der Waals surface area contributed by atoms with E-state index in [1.807, 2.05) is 61.5 Å². The Morgan fingerprint density at radius 2 is 1.86 bits per heavy atom. The molecule has 1 amide bonds. The van der Waals surface area contributed by atoms with Crippen LogP contribution in [0.2, 0.25) is 0 Å². The van der Waals surface area contributed by atoms with Gasteiger partial charge in [-0.15, -0.1) is 0 Å². The van der Waals surface area contributed by atoms with Gasteiger partial charge in [0.05, 0.1) is 7.11 Å². The number of amides is 1. The number of pyridine rings is 1. The summed E-state index contributed by atoms with van der Waals surface area (Å²) in [5.74, 6) is 0.557. The summed E-state index contributed by atoms with van der Waals surface area (Å²) in [6.07, 6.45) is 1.95. The quantitative estimate of drug-likeness (QED) is 0.690. The zero-order valence-electron chi connectivity index (χ0n) is 16.6. The molecule has 0 spiro atoms. The second kappa shape index (κ2) is 7.95. The number of ether oxygens (including phenoxy) is 1. The van der Waals surface area contributed by atoms with Crippen molar-refractivity contribution in [2.45, 2.75) is 32.4 Å². The fraction of sp³-hybridized carbons (Fsp3) is 0.250. The van der Waals surface area contributed by atoms with E-state index < -0.39 is 0 Å². The molecular weight excluding hydrogens is 364 g/mol. The summed E-state index contributed by atoms with van der Waals surface area (Å²) in [6.45, 7) is 2.48. The van der Waals surface area contributed by atoms with E-state index in [9.17, 15) is 9.59 Å². The first-order chi connectivity index (χ1) is 14.0. The van der Waals surface area contributed by atoms with Gasteiger partial charge < -0.3 is 14.6 Å². The van der Waals surface area contributed by atoms with Crippen LogP contribution >= 0.6 is 0 Å². The smallest absolute Gasteiger partial charge is 0.261 e. The molecule has 5 heteroatoms. The molecule has 29 heavy (non-hydrogen) atoms. The lowest BCUT2D eigenvalue weighted by atomic mass is 10.1. The maximum Gasteiger partial charge on any atom is 0.261 e. The summed E-state index contributed by atoms with van der Waals surface area (Å²) in [4.78, 5) is 30.5. The maximum atomic E-state index is 13.2. The van der Waals surface area contributed by atoms with E-state index in [1.54, 1.807) is 18.1 Å². The number of methoxy groups -OCH3 is 1. The van der Waals surface area contributed by atoms with E-state index in [2.05, 4.69) is 4.98 Å². The summed E-state index contributed by atoms with van der Waals surface area (Å²) in [7, 11) is 1.63. The monoisotopic (exact) mass is 388 g/mol. The van der Waals surface area contributed by atoms with Gasteiger partial charge in [0.1, 0.15) is 11.3 Å². The van der Waals surface area contributed by atoms with Gasteiger partial charge in [-0.2, -0.15) is 0 Å². The molecule has 0 saturated heterocycles. The normalized spacial score (nSPS) is 13.2. The molecule has 3 aromatic rings. The third kappa shape index (κ3) is 4.24. The number of nitrogens with zero attached hydrogens (tertiary/aromatic N) is 1. The van der Waals surface area contributed by atoms with Crippen LogP contribution in [0.25, 0.3) is 11.3 Å². The highest BCUT2D eigenvalue weighted by molar-refractivity contribution is 5.94. The second-order valence-electron chi connectivity index (χ2n) is 7.50. The molecule has 1 fully saturated rings. The molecule has 0 atom stereocenters. The number of benzene rings is 2. The summed E-state index contributed by atoms with van der Waals surface area (Å²) in [6, 6.07) is 19.2. The molecular formula is C24H24N2O3. The van der Waals surface area contributed by atoms with Crippen molar-refractivity contribution in [3.05, 3.63) is 87.7 Å². The van der Waals surface area contributed by atoms with Gasteiger partial charge in [0.15, 0.2) is 0 Å². The number of nitrogens with one attached hydrogen (secondary N) is 1. The summed E-state index contributed by atoms with van der Waals surface area (Å²) >= 11 is 0. The third-order valence-corrected chi connectivity index (χ3v) is 5.23. The maximum absolute atomic E-state index is 13.2. The van der Waals surface area contributed by atoms with Crippen LogP contribution in [-0.2, 0) is 6.54 Å². The first kappa shape index (κ1) is 19.0. The molecule has 1 aliphatic carbocycles. The number of rotatable bonds is 6. The van der Waals surface area contributed by atoms with Gasteiger partial charge >= 0.3 is 0 Å². The Morgan fingerprint density at radius 3 is 2.48 bits per heavy atom. The fourth-order valence-corrected chi connectivity index (χ4v) is 3.46. The fourth-order valence-electron chi connectivity index (χ4n) is 3.46. The Balaban J connectivity index is 1.58. The largest absolute Gasteiger partial charge is 0.497 e. The second-order valence-corrected chi connectivity index (χ2v) is 7.50. The Hall–Kier alpha value is -3.34. The summed E-state index contributed by atoms with van der Waals surface area (Å²) < 4.78 is 5.20. The van der Waals surface area contributed by atoms with Gasteiger partial charge in [-0.3, -0.25) is 9.59 Å². The van der Waals surface area contributed by atoms with E-state index in [-0.39, 0.29) is 23.1 Å². The number of aryl methyl sites for hydroxylation is 1. The van der Waals surface area contributed by atoms with E-state index >= 15 is 0 Å². The first-order valence-corrected chi connectivity index (χ1v) is 9.79. The molecule has 1 aromatic heterocycles. The van der Waals surface area contributed by atoms with E-state index in [4.69, 9.17) is 4.74 Å². The predicted molar refractivity (Wildman–Crippen MR) is 113 cm³/mol. The van der Waals surface area contributed by atoms with Crippen LogP contribution in [0.5, 0.6) is 5.75 Å². The molecule has 148 valence electrons. The number of carbonyl (C=O) groups excluding carboxylic acids is 1. The van der Waals surface area contributed by atoms with Crippen molar-refractivity contribution in [2.24, 2.45) is 0 Å². The van der Waals surface area contributed by atoms with Crippen molar-refractivity contribution in [3.8, 4) is 17.0 Å². The lowest BCUT2D eigenvalue weighted by molar-refractivity contribution is 0.0728. The van der Waals surface area contributed by atoms with Crippen molar-refractivity contribution in [1.82, 2.24) is 9.88 Å². The molecule has 1 aliphatic rings. The first-order valence-electron chi connectivity index (χ1n) is 9.79. The van der Waals surface area contributed by atoms with Crippen LogP contribution in [0, 0.1) is 6.92 Å². The van der Waals surface area contributed by atoms with Crippen molar-refractivity contribution in [1.29, 1.82) is 0 Å². The zero-order chi connectivity index (χ0) is 20.4. The number of aromatic nitrogens is 1. The van der Waals surface area contributed by atoms with Crippen molar-refractivity contribution in [2.75, 3.05) is 7.11 Å². The number of carbonyl (C=O) groups is 1. The average Bonchev–Trinajstić information content (AvgIpc) is 3.57. The van der Waals surface area contributed by atoms with Gasteiger partial charge in [-0.1, -0.05) is 35.9 Å². The van der Waals surface area contributed by atoms with Crippen LogP contribution in [-0.4, -0.2) is 28.9 Å². The molecule has 0 bridgehead atoms. The lowest BCUT2D eigenvalue weighted by Gasteiger charge is -2.22. The van der Waals surface area contributed by atoms with Crippen LogP contribution in [0.15, 0.2) is 65.5 Å². The molecule has 4 rings (SSSR count). The van der Waals surface area contributed by atoms with E-state index in [0.717, 1.165) is 35.3 Å². The van der Waals surface area contributed by atoms with Crippen LogP contribution in [0.3, 0.4) is 0 Å².